The minimum atomic E-state index is -0.835. The number of halogens is 2. The van der Waals surface area contributed by atoms with E-state index in [1.54, 1.807) is 25.3 Å². The minimum Gasteiger partial charge on any atom is -0.491 e. The van der Waals surface area contributed by atoms with Crippen molar-refractivity contribution in [2.45, 2.75) is 6.10 Å². The first kappa shape index (κ1) is 16.1. The summed E-state index contributed by atoms with van der Waals surface area (Å²) in [5.41, 5.74) is 1.33. The van der Waals surface area contributed by atoms with Gasteiger partial charge in [0.15, 0.2) is 0 Å². The van der Waals surface area contributed by atoms with Gasteiger partial charge in [0.2, 0.25) is 0 Å². The third-order valence-electron chi connectivity index (χ3n) is 3.02. The van der Waals surface area contributed by atoms with Gasteiger partial charge in [-0.25, -0.2) is 0 Å². The lowest BCUT2D eigenvalue weighted by Crippen LogP contribution is -2.08. The molecule has 0 aliphatic rings. The molecule has 0 aliphatic heterocycles. The van der Waals surface area contributed by atoms with Gasteiger partial charge in [0.1, 0.15) is 18.5 Å². The van der Waals surface area contributed by atoms with Crippen molar-refractivity contribution in [1.29, 1.82) is 0 Å². The largest absolute Gasteiger partial charge is 0.491 e. The second-order valence-electron chi connectivity index (χ2n) is 4.46. The summed E-state index contributed by atoms with van der Waals surface area (Å²) < 4.78 is 10.6. The predicted octanol–water partition coefficient (Wildman–Crippen LogP) is 4.10. The number of ether oxygens (including phenoxy) is 2. The summed E-state index contributed by atoms with van der Waals surface area (Å²) in [6, 6.07) is 12.4. The Balaban J connectivity index is 2.25. The highest BCUT2D eigenvalue weighted by atomic mass is 35.5. The molecule has 0 bridgehead atoms. The lowest BCUT2D eigenvalue weighted by molar-refractivity contribution is 0.142. The molecule has 2 rings (SSSR count). The molecule has 0 spiro atoms. The highest BCUT2D eigenvalue weighted by molar-refractivity contribution is 6.42. The number of benzene rings is 2. The van der Waals surface area contributed by atoms with Gasteiger partial charge in [-0.15, -0.1) is 0 Å². The third kappa shape index (κ3) is 4.11. The summed E-state index contributed by atoms with van der Waals surface area (Å²) in [5, 5.41) is 11.4. The first-order valence-electron chi connectivity index (χ1n) is 6.47. The highest BCUT2D eigenvalue weighted by Crippen LogP contribution is 2.32. The molecule has 0 amide bonds. The topological polar surface area (TPSA) is 38.7 Å². The van der Waals surface area contributed by atoms with Crippen LogP contribution in [-0.2, 0) is 4.74 Å². The maximum atomic E-state index is 10.5. The van der Waals surface area contributed by atoms with Crippen molar-refractivity contribution in [1.82, 2.24) is 0 Å². The maximum Gasteiger partial charge on any atom is 0.125 e. The molecule has 2 aromatic rings. The van der Waals surface area contributed by atoms with E-state index in [0.29, 0.717) is 40.1 Å². The number of aliphatic hydroxyl groups excluding tert-OH is 1. The molecule has 1 atom stereocenters. The minimum absolute atomic E-state index is 0.408. The Morgan fingerprint density at radius 1 is 1.05 bits per heavy atom. The van der Waals surface area contributed by atoms with Gasteiger partial charge >= 0.3 is 0 Å². The highest BCUT2D eigenvalue weighted by Gasteiger charge is 2.16. The van der Waals surface area contributed by atoms with Crippen LogP contribution in [0.15, 0.2) is 42.5 Å². The Bertz CT molecular complexity index is 602. The molecular formula is C16H16Cl2O3. The molecule has 0 aliphatic carbocycles. The van der Waals surface area contributed by atoms with Crippen molar-refractivity contribution in [3.05, 3.63) is 63.6 Å². The quantitative estimate of drug-likeness (QED) is 0.812. The summed E-state index contributed by atoms with van der Waals surface area (Å²) in [6.45, 7) is 0.902. The van der Waals surface area contributed by atoms with Gasteiger partial charge in [-0.1, -0.05) is 47.5 Å². The number of methoxy groups -OCH3 is 1. The average molecular weight is 327 g/mol. The van der Waals surface area contributed by atoms with E-state index in [2.05, 4.69) is 0 Å². The molecule has 0 saturated heterocycles. The van der Waals surface area contributed by atoms with Crippen molar-refractivity contribution < 1.29 is 14.6 Å². The second kappa shape index (κ2) is 7.66. The van der Waals surface area contributed by atoms with E-state index >= 15 is 0 Å². The van der Waals surface area contributed by atoms with Gasteiger partial charge in [0.05, 0.1) is 16.7 Å². The first-order chi connectivity index (χ1) is 10.1. The monoisotopic (exact) mass is 326 g/mol. The van der Waals surface area contributed by atoms with Crippen molar-refractivity contribution >= 4 is 23.2 Å². The predicted molar refractivity (Wildman–Crippen MR) is 84.3 cm³/mol. The molecular weight excluding hydrogens is 311 g/mol. The van der Waals surface area contributed by atoms with Crippen LogP contribution in [0.5, 0.6) is 5.75 Å². The summed E-state index contributed by atoms with van der Waals surface area (Å²) in [6.07, 6.45) is -0.835. The Morgan fingerprint density at radius 2 is 1.81 bits per heavy atom. The van der Waals surface area contributed by atoms with Crippen LogP contribution < -0.4 is 4.74 Å². The van der Waals surface area contributed by atoms with Crippen molar-refractivity contribution in [2.75, 3.05) is 20.3 Å². The zero-order chi connectivity index (χ0) is 15.2. The summed E-state index contributed by atoms with van der Waals surface area (Å²) in [4.78, 5) is 0. The van der Waals surface area contributed by atoms with Crippen LogP contribution in [-0.4, -0.2) is 25.4 Å². The van der Waals surface area contributed by atoms with Crippen LogP contribution >= 0.6 is 23.2 Å². The van der Waals surface area contributed by atoms with Gasteiger partial charge in [-0.2, -0.15) is 0 Å². The number of rotatable bonds is 6. The zero-order valence-electron chi connectivity index (χ0n) is 11.6. The fourth-order valence-corrected chi connectivity index (χ4v) is 2.24. The van der Waals surface area contributed by atoms with Gasteiger partial charge in [0, 0.05) is 12.7 Å². The van der Waals surface area contributed by atoms with Gasteiger partial charge < -0.3 is 14.6 Å². The van der Waals surface area contributed by atoms with Crippen molar-refractivity contribution in [3.63, 3.8) is 0 Å². The van der Waals surface area contributed by atoms with Gasteiger partial charge in [0.25, 0.3) is 0 Å². The molecule has 0 heterocycles. The number of aliphatic hydroxyl groups is 1. The SMILES string of the molecule is COCCOc1ccccc1C(O)c1ccc(Cl)c(Cl)c1. The summed E-state index contributed by atoms with van der Waals surface area (Å²) in [7, 11) is 1.61. The van der Waals surface area contributed by atoms with Crippen molar-refractivity contribution in [3.8, 4) is 5.75 Å². The molecule has 112 valence electrons. The molecule has 1 unspecified atom stereocenters. The molecule has 1 N–H and O–H groups in total. The molecule has 0 fully saturated rings. The standard InChI is InChI=1S/C16H16Cl2O3/c1-20-8-9-21-15-5-3-2-4-12(15)16(19)11-6-7-13(17)14(18)10-11/h2-7,10,16,19H,8-9H2,1H3. The smallest absolute Gasteiger partial charge is 0.125 e. The Morgan fingerprint density at radius 3 is 2.52 bits per heavy atom. The lowest BCUT2D eigenvalue weighted by atomic mass is 10.0. The Hall–Kier alpha value is -1.26. The van der Waals surface area contributed by atoms with E-state index in [0.717, 1.165) is 0 Å². The number of hydrogen-bond donors (Lipinski definition) is 1. The fourth-order valence-electron chi connectivity index (χ4n) is 1.93. The Kier molecular flexibility index (Phi) is 5.88. The van der Waals surface area contributed by atoms with E-state index in [1.807, 2.05) is 24.3 Å². The molecule has 2 aromatic carbocycles. The number of para-hydroxylation sites is 1. The van der Waals surface area contributed by atoms with Gasteiger partial charge in [-0.3, -0.25) is 0 Å². The van der Waals surface area contributed by atoms with E-state index < -0.39 is 6.10 Å². The van der Waals surface area contributed by atoms with Crippen LogP contribution in [0.4, 0.5) is 0 Å². The van der Waals surface area contributed by atoms with Crippen molar-refractivity contribution in [2.24, 2.45) is 0 Å². The zero-order valence-corrected chi connectivity index (χ0v) is 13.1. The van der Waals surface area contributed by atoms with Crippen LogP contribution in [0.2, 0.25) is 10.0 Å². The average Bonchev–Trinajstić information content (AvgIpc) is 2.50. The van der Waals surface area contributed by atoms with Crippen LogP contribution in [0.3, 0.4) is 0 Å². The van der Waals surface area contributed by atoms with Gasteiger partial charge in [-0.05, 0) is 23.8 Å². The van der Waals surface area contributed by atoms with Crippen LogP contribution in [0.1, 0.15) is 17.2 Å². The van der Waals surface area contributed by atoms with Crippen LogP contribution in [0.25, 0.3) is 0 Å². The molecule has 0 saturated carbocycles. The molecule has 3 nitrogen and oxygen atoms in total. The fraction of sp³-hybridized carbons (Fsp3) is 0.250. The summed E-state index contributed by atoms with van der Waals surface area (Å²) in [5.74, 6) is 0.619. The number of hydrogen-bond acceptors (Lipinski definition) is 3. The normalized spacial score (nSPS) is 12.2. The lowest BCUT2D eigenvalue weighted by Gasteiger charge is -2.17. The second-order valence-corrected chi connectivity index (χ2v) is 5.27. The van der Waals surface area contributed by atoms with Crippen LogP contribution in [0, 0.1) is 0 Å². The molecule has 21 heavy (non-hydrogen) atoms. The van der Waals surface area contributed by atoms with E-state index in [1.165, 1.54) is 0 Å². The summed E-state index contributed by atoms with van der Waals surface area (Å²) >= 11 is 11.9. The molecule has 0 aromatic heterocycles. The Labute approximate surface area is 134 Å². The first-order valence-corrected chi connectivity index (χ1v) is 7.22. The third-order valence-corrected chi connectivity index (χ3v) is 3.76. The molecule has 5 heteroatoms. The van der Waals surface area contributed by atoms with E-state index in [-0.39, 0.29) is 0 Å². The maximum absolute atomic E-state index is 10.5. The molecule has 0 radical (unpaired) electrons. The van der Waals surface area contributed by atoms with E-state index in [9.17, 15) is 5.11 Å². The van der Waals surface area contributed by atoms with E-state index in [4.69, 9.17) is 32.7 Å².